The largest absolute Gasteiger partial charge is 0.496 e. The van der Waals surface area contributed by atoms with E-state index in [0.29, 0.717) is 0 Å². The fraction of sp³-hybridized carbons (Fsp3) is 0.667. The van der Waals surface area contributed by atoms with Crippen molar-refractivity contribution in [3.63, 3.8) is 0 Å². The van der Waals surface area contributed by atoms with Crippen LogP contribution < -0.4 is 18.9 Å². The van der Waals surface area contributed by atoms with Crippen LogP contribution in [0.1, 0.15) is 169 Å². The van der Waals surface area contributed by atoms with Crippen LogP contribution in [0.5, 0.6) is 23.0 Å². The van der Waals surface area contributed by atoms with Crippen molar-refractivity contribution in [2.75, 3.05) is 28.4 Å². The van der Waals surface area contributed by atoms with Crippen LogP contribution in [-0.2, 0) is 0 Å². The number of hydrogen-bond donors (Lipinski definition) is 0. The van der Waals surface area contributed by atoms with E-state index < -0.39 is 0 Å². The Labute approximate surface area is 239 Å². The van der Waals surface area contributed by atoms with Crippen molar-refractivity contribution in [1.29, 1.82) is 0 Å². The first kappa shape index (κ1) is 24.3. The quantitative estimate of drug-likeness (QED) is 0.388. The summed E-state index contributed by atoms with van der Waals surface area (Å²) in [4.78, 5) is 0. The molecule has 0 radical (unpaired) electrons. The number of methoxy groups -OCH3 is 4. The molecule has 0 saturated heterocycles. The van der Waals surface area contributed by atoms with Crippen molar-refractivity contribution in [2.24, 2.45) is 0 Å². The predicted octanol–water partition coefficient (Wildman–Crippen LogP) is 8.87. The number of hydrogen-bond acceptors (Lipinski definition) is 4. The van der Waals surface area contributed by atoms with Gasteiger partial charge in [0.2, 0.25) is 0 Å². The maximum atomic E-state index is 5.95. The molecule has 0 aliphatic heterocycles. The Morgan fingerprint density at radius 3 is 0.575 bits per heavy atom. The monoisotopic (exact) mass is 540 g/mol. The third kappa shape index (κ3) is 2.89. The third-order valence-corrected chi connectivity index (χ3v) is 12.9. The Balaban J connectivity index is 0.000000115. The second-order valence-corrected chi connectivity index (χ2v) is 14.3. The van der Waals surface area contributed by atoms with E-state index in [0.717, 1.165) is 47.3 Å². The van der Waals surface area contributed by atoms with E-state index in [-0.39, 0.29) is 0 Å². The molecule has 8 atom stereocenters. The van der Waals surface area contributed by atoms with Gasteiger partial charge >= 0.3 is 0 Å². The van der Waals surface area contributed by atoms with E-state index >= 15 is 0 Å². The zero-order valence-corrected chi connectivity index (χ0v) is 24.7. The molecular weight excluding hydrogens is 496 g/mol. The first-order valence-electron chi connectivity index (χ1n) is 16.3. The van der Waals surface area contributed by atoms with Crippen molar-refractivity contribution in [1.82, 2.24) is 0 Å². The summed E-state index contributed by atoms with van der Waals surface area (Å²) in [7, 11) is 7.50. The van der Waals surface area contributed by atoms with Crippen LogP contribution in [0.25, 0.3) is 0 Å². The SMILES string of the molecule is COc1c2c(c(OC)c3c1[C@@H]1CC[C@H]3C1)[C@H]1CC[C@@H]2C1.COc1c2c(c(OC)c3c1[C@@H]1CC[C@H]3C1)[C@H]1CC[C@@H]2C1. The zero-order valence-electron chi connectivity index (χ0n) is 24.7. The van der Waals surface area contributed by atoms with E-state index in [1.807, 2.05) is 28.4 Å². The molecule has 8 aliphatic carbocycles. The van der Waals surface area contributed by atoms with E-state index in [4.69, 9.17) is 18.9 Å². The molecule has 8 bridgehead atoms. The minimum absolute atomic E-state index is 0.739. The molecule has 8 aliphatic rings. The van der Waals surface area contributed by atoms with Crippen LogP contribution in [0.15, 0.2) is 0 Å². The first-order chi connectivity index (χ1) is 19.7. The first-order valence-corrected chi connectivity index (χ1v) is 16.3. The second kappa shape index (κ2) is 8.58. The highest BCUT2D eigenvalue weighted by Crippen LogP contribution is 2.68. The van der Waals surface area contributed by atoms with Crippen LogP contribution in [0.4, 0.5) is 0 Å². The fourth-order valence-electron chi connectivity index (χ4n) is 11.7. The van der Waals surface area contributed by atoms with E-state index in [1.54, 1.807) is 0 Å². The number of fused-ring (bicyclic) bond motifs is 20. The van der Waals surface area contributed by atoms with Crippen LogP contribution in [0.2, 0.25) is 0 Å². The molecule has 40 heavy (non-hydrogen) atoms. The molecule has 0 N–H and O–H groups in total. The second-order valence-electron chi connectivity index (χ2n) is 14.3. The summed E-state index contributed by atoms with van der Waals surface area (Å²) in [6.45, 7) is 0. The molecule has 4 heteroatoms. The maximum absolute atomic E-state index is 5.95. The maximum Gasteiger partial charge on any atom is 0.126 e. The van der Waals surface area contributed by atoms with Gasteiger partial charge in [0.25, 0.3) is 0 Å². The highest BCUT2D eigenvalue weighted by atomic mass is 16.5. The summed E-state index contributed by atoms with van der Waals surface area (Å²) in [6, 6.07) is 0. The molecule has 4 saturated carbocycles. The summed E-state index contributed by atoms with van der Waals surface area (Å²) in [6.07, 6.45) is 16.1. The van der Waals surface area contributed by atoms with Crippen LogP contribution in [-0.4, -0.2) is 28.4 Å². The van der Waals surface area contributed by atoms with Crippen molar-refractivity contribution < 1.29 is 18.9 Å². The molecule has 212 valence electrons. The van der Waals surface area contributed by atoms with Gasteiger partial charge in [0, 0.05) is 44.5 Å². The van der Waals surface area contributed by atoms with Gasteiger partial charge < -0.3 is 18.9 Å². The highest BCUT2D eigenvalue weighted by Gasteiger charge is 2.50. The van der Waals surface area contributed by atoms with Crippen molar-refractivity contribution in [2.45, 2.75) is 124 Å². The van der Waals surface area contributed by atoms with E-state index in [9.17, 15) is 0 Å². The Hall–Kier alpha value is -2.36. The molecule has 2 aromatic carbocycles. The molecule has 0 aromatic heterocycles. The average Bonchev–Trinajstić information content (AvgIpc) is 3.84. The van der Waals surface area contributed by atoms with Crippen LogP contribution >= 0.6 is 0 Å². The average molecular weight is 541 g/mol. The van der Waals surface area contributed by atoms with Gasteiger partial charge in [-0.25, -0.2) is 0 Å². The number of benzene rings is 2. The van der Waals surface area contributed by atoms with Gasteiger partial charge in [0.15, 0.2) is 0 Å². The van der Waals surface area contributed by atoms with Gasteiger partial charge in [0.1, 0.15) is 23.0 Å². The molecule has 10 rings (SSSR count). The van der Waals surface area contributed by atoms with Gasteiger partial charge in [-0.05, 0) is 124 Å². The van der Waals surface area contributed by atoms with E-state index in [1.165, 1.54) is 145 Å². The number of rotatable bonds is 4. The molecule has 4 nitrogen and oxygen atoms in total. The molecular formula is C36H44O4. The Morgan fingerprint density at radius 2 is 0.450 bits per heavy atom. The highest BCUT2D eigenvalue weighted by molar-refractivity contribution is 5.70. The Morgan fingerprint density at radius 1 is 0.300 bits per heavy atom. The molecule has 0 amide bonds. The van der Waals surface area contributed by atoms with Crippen molar-refractivity contribution in [3.05, 3.63) is 44.5 Å². The van der Waals surface area contributed by atoms with Crippen LogP contribution in [0.3, 0.4) is 0 Å². The summed E-state index contributed by atoms with van der Waals surface area (Å²) in [5.41, 5.74) is 12.3. The van der Waals surface area contributed by atoms with Gasteiger partial charge in [-0.3, -0.25) is 0 Å². The fourth-order valence-corrected chi connectivity index (χ4v) is 11.7. The van der Waals surface area contributed by atoms with Crippen LogP contribution in [0, 0.1) is 0 Å². The van der Waals surface area contributed by atoms with Gasteiger partial charge in [0.05, 0.1) is 28.4 Å². The Bertz CT molecular complexity index is 1120. The van der Waals surface area contributed by atoms with Crippen molar-refractivity contribution >= 4 is 0 Å². The topological polar surface area (TPSA) is 36.9 Å². The van der Waals surface area contributed by atoms with Gasteiger partial charge in [-0.15, -0.1) is 0 Å². The van der Waals surface area contributed by atoms with Gasteiger partial charge in [-0.1, -0.05) is 0 Å². The molecule has 4 fully saturated rings. The summed E-state index contributed by atoms with van der Waals surface area (Å²) in [5, 5.41) is 0. The standard InChI is InChI=1S/2C18H22O2/c2*1-19-17-13-9-3-5-11(7-9)15(13)18(20-2)16-12-6-4-10(8-12)14(16)17/h2*9-12H,3-8H2,1-2H3/t2*9-,10-,11+,12+. The normalized spacial score (nSPS) is 35.3. The summed E-state index contributed by atoms with van der Waals surface area (Å²) < 4.78 is 23.8. The molecule has 0 unspecified atom stereocenters. The smallest absolute Gasteiger partial charge is 0.126 e. The molecule has 0 spiro atoms. The third-order valence-electron chi connectivity index (χ3n) is 12.9. The Kier molecular flexibility index (Phi) is 5.20. The lowest BCUT2D eigenvalue weighted by atomic mass is 9.81. The lowest BCUT2D eigenvalue weighted by Crippen LogP contribution is -2.11. The summed E-state index contributed by atoms with van der Waals surface area (Å²) in [5.74, 6) is 11.0. The molecule has 0 heterocycles. The molecule has 2 aromatic rings. The predicted molar refractivity (Wildman–Crippen MR) is 156 cm³/mol. The minimum atomic E-state index is 0.739. The lowest BCUT2D eigenvalue weighted by Gasteiger charge is -2.28. The lowest BCUT2D eigenvalue weighted by molar-refractivity contribution is 0.379. The zero-order chi connectivity index (χ0) is 26.9. The van der Waals surface area contributed by atoms with E-state index in [2.05, 4.69) is 0 Å². The number of ether oxygens (including phenoxy) is 4. The van der Waals surface area contributed by atoms with Gasteiger partial charge in [-0.2, -0.15) is 0 Å². The minimum Gasteiger partial charge on any atom is -0.496 e. The van der Waals surface area contributed by atoms with Crippen molar-refractivity contribution in [3.8, 4) is 23.0 Å². The summed E-state index contributed by atoms with van der Waals surface area (Å²) >= 11 is 0.